The van der Waals surface area contributed by atoms with E-state index in [9.17, 15) is 13.6 Å². The van der Waals surface area contributed by atoms with Crippen molar-refractivity contribution in [1.29, 1.82) is 0 Å². The molecule has 0 bridgehead atoms. The van der Waals surface area contributed by atoms with Crippen LogP contribution in [-0.4, -0.2) is 21.7 Å². The van der Waals surface area contributed by atoms with E-state index in [4.69, 9.17) is 0 Å². The molecule has 1 N–H and O–H groups in total. The molecular weight excluding hydrogens is 312 g/mol. The zero-order valence-corrected chi connectivity index (χ0v) is 14.1. The Morgan fingerprint density at radius 3 is 2.62 bits per heavy atom. The topological polar surface area (TPSA) is 46.9 Å². The molecule has 1 atom stereocenters. The van der Waals surface area contributed by atoms with E-state index in [2.05, 4.69) is 10.4 Å². The van der Waals surface area contributed by atoms with Gasteiger partial charge in [0.15, 0.2) is 17.3 Å². The number of rotatable bonds is 4. The summed E-state index contributed by atoms with van der Waals surface area (Å²) < 4.78 is 28.3. The van der Waals surface area contributed by atoms with Crippen molar-refractivity contribution in [1.82, 2.24) is 15.1 Å². The SMILES string of the molecule is CC(C)C(C)NC(=O)c1nn(-c2ccc(F)c(F)c2)c2c1CCC2. The summed E-state index contributed by atoms with van der Waals surface area (Å²) in [5, 5.41) is 7.36. The molecule has 0 fully saturated rings. The molecule has 1 aromatic heterocycles. The first kappa shape index (κ1) is 16.6. The lowest BCUT2D eigenvalue weighted by atomic mass is 10.1. The maximum absolute atomic E-state index is 13.5. The fraction of sp³-hybridized carbons (Fsp3) is 0.444. The van der Waals surface area contributed by atoms with E-state index in [1.54, 1.807) is 4.68 Å². The summed E-state index contributed by atoms with van der Waals surface area (Å²) in [5.74, 6) is -1.72. The second-order valence-corrected chi connectivity index (χ2v) is 6.64. The lowest BCUT2D eigenvalue weighted by molar-refractivity contribution is 0.0924. The van der Waals surface area contributed by atoms with Crippen LogP contribution in [0.5, 0.6) is 0 Å². The predicted octanol–water partition coefficient (Wildman–Crippen LogP) is 3.41. The molecule has 1 aliphatic carbocycles. The zero-order chi connectivity index (χ0) is 17.4. The first-order valence-electron chi connectivity index (χ1n) is 8.25. The summed E-state index contributed by atoms with van der Waals surface area (Å²) >= 11 is 0. The van der Waals surface area contributed by atoms with Crippen LogP contribution in [0, 0.1) is 17.6 Å². The highest BCUT2D eigenvalue weighted by molar-refractivity contribution is 5.94. The van der Waals surface area contributed by atoms with Crippen LogP contribution in [0.4, 0.5) is 8.78 Å². The van der Waals surface area contributed by atoms with E-state index >= 15 is 0 Å². The van der Waals surface area contributed by atoms with Gasteiger partial charge < -0.3 is 5.32 Å². The van der Waals surface area contributed by atoms with Crippen LogP contribution >= 0.6 is 0 Å². The number of halogens is 2. The maximum atomic E-state index is 13.5. The molecule has 6 heteroatoms. The second kappa shape index (κ2) is 6.34. The van der Waals surface area contributed by atoms with Gasteiger partial charge in [0, 0.05) is 23.4 Å². The first-order valence-corrected chi connectivity index (χ1v) is 8.25. The van der Waals surface area contributed by atoms with Gasteiger partial charge in [-0.05, 0) is 44.2 Å². The smallest absolute Gasteiger partial charge is 0.272 e. The fourth-order valence-electron chi connectivity index (χ4n) is 2.89. The van der Waals surface area contributed by atoms with Gasteiger partial charge >= 0.3 is 0 Å². The highest BCUT2D eigenvalue weighted by atomic mass is 19.2. The van der Waals surface area contributed by atoms with Crippen molar-refractivity contribution in [3.05, 3.63) is 46.8 Å². The van der Waals surface area contributed by atoms with Gasteiger partial charge in [0.25, 0.3) is 5.91 Å². The Bertz CT molecular complexity index is 783. The highest BCUT2D eigenvalue weighted by Crippen LogP contribution is 2.28. The number of benzene rings is 1. The molecule has 3 rings (SSSR count). The van der Waals surface area contributed by atoms with E-state index in [0.29, 0.717) is 17.3 Å². The molecule has 1 aromatic carbocycles. The Balaban J connectivity index is 1.98. The van der Waals surface area contributed by atoms with Gasteiger partial charge in [0.1, 0.15) is 0 Å². The molecule has 0 saturated heterocycles. The number of nitrogens with zero attached hydrogens (tertiary/aromatic N) is 2. The minimum atomic E-state index is -0.922. The van der Waals surface area contributed by atoms with E-state index in [0.717, 1.165) is 42.7 Å². The van der Waals surface area contributed by atoms with E-state index in [1.165, 1.54) is 6.07 Å². The van der Waals surface area contributed by atoms with Crippen LogP contribution in [0.25, 0.3) is 5.69 Å². The zero-order valence-electron chi connectivity index (χ0n) is 14.1. The Kier molecular flexibility index (Phi) is 4.39. The number of hydrogen-bond donors (Lipinski definition) is 1. The van der Waals surface area contributed by atoms with E-state index < -0.39 is 11.6 Å². The lowest BCUT2D eigenvalue weighted by Gasteiger charge is -2.16. The summed E-state index contributed by atoms with van der Waals surface area (Å²) in [7, 11) is 0. The highest BCUT2D eigenvalue weighted by Gasteiger charge is 2.28. The average Bonchev–Trinajstić information content (AvgIpc) is 3.11. The summed E-state index contributed by atoms with van der Waals surface area (Å²) in [6.07, 6.45) is 2.48. The average molecular weight is 333 g/mol. The van der Waals surface area contributed by atoms with Crippen molar-refractivity contribution < 1.29 is 13.6 Å². The van der Waals surface area contributed by atoms with Crippen molar-refractivity contribution in [2.24, 2.45) is 5.92 Å². The Morgan fingerprint density at radius 2 is 1.96 bits per heavy atom. The molecule has 1 aliphatic rings. The molecule has 2 aromatic rings. The molecule has 0 saturated carbocycles. The monoisotopic (exact) mass is 333 g/mol. The van der Waals surface area contributed by atoms with Gasteiger partial charge in [0.2, 0.25) is 0 Å². The van der Waals surface area contributed by atoms with Gasteiger partial charge in [-0.1, -0.05) is 13.8 Å². The van der Waals surface area contributed by atoms with Crippen molar-refractivity contribution in [2.45, 2.75) is 46.1 Å². The largest absolute Gasteiger partial charge is 0.348 e. The van der Waals surface area contributed by atoms with Crippen molar-refractivity contribution in [3.63, 3.8) is 0 Å². The van der Waals surface area contributed by atoms with Crippen molar-refractivity contribution in [2.75, 3.05) is 0 Å². The molecule has 1 unspecified atom stereocenters. The first-order chi connectivity index (χ1) is 11.4. The number of amides is 1. The van der Waals surface area contributed by atoms with E-state index in [-0.39, 0.29) is 11.9 Å². The molecule has 1 amide bonds. The number of fused-ring (bicyclic) bond motifs is 1. The van der Waals surface area contributed by atoms with Crippen LogP contribution in [0.3, 0.4) is 0 Å². The number of carbonyl (C=O) groups excluding carboxylic acids is 1. The summed E-state index contributed by atoms with van der Waals surface area (Å²) in [4.78, 5) is 12.6. The van der Waals surface area contributed by atoms with Gasteiger partial charge in [-0.3, -0.25) is 4.79 Å². The molecule has 0 aliphatic heterocycles. The van der Waals surface area contributed by atoms with Crippen LogP contribution in [-0.2, 0) is 12.8 Å². The molecule has 1 heterocycles. The normalized spacial score (nSPS) is 14.8. The number of carbonyl (C=O) groups is 1. The van der Waals surface area contributed by atoms with E-state index in [1.807, 2.05) is 20.8 Å². The molecule has 0 spiro atoms. The molecular formula is C18H21F2N3O. The maximum Gasteiger partial charge on any atom is 0.272 e. The summed E-state index contributed by atoms with van der Waals surface area (Å²) in [6.45, 7) is 6.03. The molecule has 24 heavy (non-hydrogen) atoms. The van der Waals surface area contributed by atoms with Gasteiger partial charge in [0.05, 0.1) is 5.69 Å². The predicted molar refractivity (Wildman–Crippen MR) is 87.3 cm³/mol. The standard InChI is InChI=1S/C18H21F2N3O/c1-10(2)11(3)21-18(24)17-13-5-4-6-16(13)23(22-17)12-7-8-14(19)15(20)9-12/h7-11H,4-6H2,1-3H3,(H,21,24). The van der Waals surface area contributed by atoms with Gasteiger partial charge in [-0.15, -0.1) is 0 Å². The summed E-state index contributed by atoms with van der Waals surface area (Å²) in [5.41, 5.74) is 2.64. The van der Waals surface area contributed by atoms with Crippen LogP contribution < -0.4 is 5.32 Å². The number of hydrogen-bond acceptors (Lipinski definition) is 2. The van der Waals surface area contributed by atoms with Gasteiger partial charge in [-0.25, -0.2) is 13.5 Å². The molecule has 4 nitrogen and oxygen atoms in total. The quantitative estimate of drug-likeness (QED) is 0.932. The fourth-order valence-corrected chi connectivity index (χ4v) is 2.89. The van der Waals surface area contributed by atoms with Crippen LogP contribution in [0.2, 0.25) is 0 Å². The lowest BCUT2D eigenvalue weighted by Crippen LogP contribution is -2.36. The number of nitrogens with one attached hydrogen (secondary N) is 1. The summed E-state index contributed by atoms with van der Waals surface area (Å²) in [6, 6.07) is 3.69. The van der Waals surface area contributed by atoms with Crippen LogP contribution in [0.15, 0.2) is 18.2 Å². The van der Waals surface area contributed by atoms with Crippen LogP contribution in [0.1, 0.15) is 48.9 Å². The van der Waals surface area contributed by atoms with Crippen molar-refractivity contribution >= 4 is 5.91 Å². The minimum absolute atomic E-state index is 0.0305. The number of aromatic nitrogens is 2. The Morgan fingerprint density at radius 1 is 1.21 bits per heavy atom. The second-order valence-electron chi connectivity index (χ2n) is 6.64. The third kappa shape index (κ3) is 2.92. The Hall–Kier alpha value is -2.24. The van der Waals surface area contributed by atoms with Gasteiger partial charge in [-0.2, -0.15) is 5.10 Å². The Labute approximate surface area is 139 Å². The molecule has 0 radical (unpaired) electrons. The third-order valence-electron chi connectivity index (χ3n) is 4.65. The third-order valence-corrected chi connectivity index (χ3v) is 4.65. The molecule has 128 valence electrons. The minimum Gasteiger partial charge on any atom is -0.348 e. The van der Waals surface area contributed by atoms with Crippen molar-refractivity contribution in [3.8, 4) is 5.69 Å².